The average molecular weight is 259 g/mol. The minimum atomic E-state index is -0.207. The second kappa shape index (κ2) is 6.97. The third kappa shape index (κ3) is 4.43. The summed E-state index contributed by atoms with van der Waals surface area (Å²) >= 11 is 0. The molecule has 2 rings (SSSR count). The van der Waals surface area contributed by atoms with Crippen molar-refractivity contribution >= 4 is 0 Å². The summed E-state index contributed by atoms with van der Waals surface area (Å²) in [6, 6.07) is 10.6. The van der Waals surface area contributed by atoms with Gasteiger partial charge in [0.1, 0.15) is 5.82 Å². The van der Waals surface area contributed by atoms with Crippen LogP contribution in [0.1, 0.15) is 11.1 Å². The third-order valence-electron chi connectivity index (χ3n) is 2.89. The van der Waals surface area contributed by atoms with Gasteiger partial charge in [-0.3, -0.25) is 9.88 Å². The van der Waals surface area contributed by atoms with Crippen molar-refractivity contribution in [2.24, 2.45) is 5.73 Å². The Kier molecular flexibility index (Phi) is 5.01. The number of benzene rings is 1. The summed E-state index contributed by atoms with van der Waals surface area (Å²) in [6.45, 7) is 2.95. The molecule has 1 aromatic carbocycles. The van der Waals surface area contributed by atoms with Crippen LogP contribution in [0, 0.1) is 5.82 Å². The summed E-state index contributed by atoms with van der Waals surface area (Å²) in [4.78, 5) is 6.34. The Balaban J connectivity index is 2.01. The van der Waals surface area contributed by atoms with Gasteiger partial charge in [0.05, 0.1) is 0 Å². The Morgan fingerprint density at radius 1 is 1.05 bits per heavy atom. The zero-order valence-electron chi connectivity index (χ0n) is 10.8. The molecule has 3 nitrogen and oxygen atoms in total. The molecule has 100 valence electrons. The summed E-state index contributed by atoms with van der Waals surface area (Å²) in [6.07, 6.45) is 3.62. The van der Waals surface area contributed by atoms with Gasteiger partial charge in [-0.25, -0.2) is 4.39 Å². The van der Waals surface area contributed by atoms with Gasteiger partial charge in [0.2, 0.25) is 0 Å². The van der Waals surface area contributed by atoms with Gasteiger partial charge in [-0.1, -0.05) is 18.2 Å². The highest BCUT2D eigenvalue weighted by Crippen LogP contribution is 2.09. The molecule has 0 saturated carbocycles. The molecular formula is C15H18FN3. The van der Waals surface area contributed by atoms with Gasteiger partial charge in [0.25, 0.3) is 0 Å². The molecular weight excluding hydrogens is 241 g/mol. The standard InChI is InChI=1S/C15H18FN3/c16-15-5-3-13(4-6-15)11-19(9-7-17)12-14-2-1-8-18-10-14/h1-6,8,10H,7,9,11-12,17H2. The molecule has 0 spiro atoms. The first-order valence-corrected chi connectivity index (χ1v) is 6.33. The topological polar surface area (TPSA) is 42.1 Å². The molecule has 0 aliphatic heterocycles. The summed E-state index contributed by atoms with van der Waals surface area (Å²) in [5, 5.41) is 0. The predicted molar refractivity (Wildman–Crippen MR) is 73.8 cm³/mol. The fourth-order valence-corrected chi connectivity index (χ4v) is 1.99. The molecule has 19 heavy (non-hydrogen) atoms. The van der Waals surface area contributed by atoms with E-state index in [-0.39, 0.29) is 5.82 Å². The lowest BCUT2D eigenvalue weighted by atomic mass is 10.2. The Hall–Kier alpha value is -1.78. The number of nitrogens with zero attached hydrogens (tertiary/aromatic N) is 2. The minimum absolute atomic E-state index is 0.207. The van der Waals surface area contributed by atoms with Crippen LogP contribution in [-0.4, -0.2) is 23.0 Å². The first-order chi connectivity index (χ1) is 9.28. The van der Waals surface area contributed by atoms with Crippen LogP contribution in [0.2, 0.25) is 0 Å². The van der Waals surface area contributed by atoms with Crippen LogP contribution in [0.4, 0.5) is 4.39 Å². The van der Waals surface area contributed by atoms with Gasteiger partial charge in [0, 0.05) is 38.6 Å². The number of nitrogens with two attached hydrogens (primary N) is 1. The number of aromatic nitrogens is 1. The van der Waals surface area contributed by atoms with Gasteiger partial charge < -0.3 is 5.73 Å². The molecule has 0 atom stereocenters. The smallest absolute Gasteiger partial charge is 0.123 e. The van der Waals surface area contributed by atoms with E-state index in [9.17, 15) is 4.39 Å². The molecule has 0 bridgehead atoms. The van der Waals surface area contributed by atoms with Gasteiger partial charge in [0.15, 0.2) is 0 Å². The maximum Gasteiger partial charge on any atom is 0.123 e. The van der Waals surface area contributed by atoms with Crippen molar-refractivity contribution in [3.05, 3.63) is 65.7 Å². The zero-order chi connectivity index (χ0) is 13.5. The minimum Gasteiger partial charge on any atom is -0.329 e. The third-order valence-corrected chi connectivity index (χ3v) is 2.89. The number of hydrogen-bond acceptors (Lipinski definition) is 3. The van der Waals surface area contributed by atoms with Gasteiger partial charge in [-0.05, 0) is 29.3 Å². The van der Waals surface area contributed by atoms with Gasteiger partial charge in [-0.15, -0.1) is 0 Å². The van der Waals surface area contributed by atoms with Crippen LogP contribution in [0.5, 0.6) is 0 Å². The lowest BCUT2D eigenvalue weighted by Crippen LogP contribution is -2.28. The summed E-state index contributed by atoms with van der Waals surface area (Å²) in [5.74, 6) is -0.207. The Bertz CT molecular complexity index is 485. The van der Waals surface area contributed by atoms with Crippen LogP contribution in [0.25, 0.3) is 0 Å². The molecule has 1 aromatic heterocycles. The lowest BCUT2D eigenvalue weighted by molar-refractivity contribution is 0.264. The van der Waals surface area contributed by atoms with Crippen molar-refractivity contribution < 1.29 is 4.39 Å². The highest BCUT2D eigenvalue weighted by molar-refractivity contribution is 5.16. The normalized spacial score (nSPS) is 10.9. The Morgan fingerprint density at radius 2 is 1.79 bits per heavy atom. The molecule has 0 saturated heterocycles. The summed E-state index contributed by atoms with van der Waals surface area (Å²) in [7, 11) is 0. The maximum atomic E-state index is 12.9. The largest absolute Gasteiger partial charge is 0.329 e. The van der Waals surface area contributed by atoms with E-state index < -0.39 is 0 Å². The van der Waals surface area contributed by atoms with Crippen molar-refractivity contribution in [3.63, 3.8) is 0 Å². The van der Waals surface area contributed by atoms with E-state index in [2.05, 4.69) is 9.88 Å². The van der Waals surface area contributed by atoms with E-state index in [1.807, 2.05) is 30.5 Å². The molecule has 2 aromatic rings. The van der Waals surface area contributed by atoms with Gasteiger partial charge in [-0.2, -0.15) is 0 Å². The summed E-state index contributed by atoms with van der Waals surface area (Å²) < 4.78 is 12.9. The zero-order valence-corrected chi connectivity index (χ0v) is 10.8. The van der Waals surface area contributed by atoms with Crippen LogP contribution in [0.15, 0.2) is 48.8 Å². The molecule has 0 amide bonds. The van der Waals surface area contributed by atoms with Gasteiger partial charge >= 0.3 is 0 Å². The fraction of sp³-hybridized carbons (Fsp3) is 0.267. The van der Waals surface area contributed by atoms with Crippen molar-refractivity contribution in [1.29, 1.82) is 0 Å². The highest BCUT2D eigenvalue weighted by atomic mass is 19.1. The monoisotopic (exact) mass is 259 g/mol. The van der Waals surface area contributed by atoms with E-state index in [1.165, 1.54) is 12.1 Å². The van der Waals surface area contributed by atoms with Crippen LogP contribution in [0.3, 0.4) is 0 Å². The SMILES string of the molecule is NCCN(Cc1ccc(F)cc1)Cc1cccnc1. The van der Waals surface area contributed by atoms with Crippen LogP contribution in [-0.2, 0) is 13.1 Å². The van der Waals surface area contributed by atoms with E-state index >= 15 is 0 Å². The molecule has 0 fully saturated rings. The van der Waals surface area contributed by atoms with Crippen LogP contribution < -0.4 is 5.73 Å². The van der Waals surface area contributed by atoms with Crippen LogP contribution >= 0.6 is 0 Å². The van der Waals surface area contributed by atoms with Crippen molar-refractivity contribution in [2.45, 2.75) is 13.1 Å². The molecule has 1 heterocycles. The quantitative estimate of drug-likeness (QED) is 0.864. The van der Waals surface area contributed by atoms with E-state index in [4.69, 9.17) is 5.73 Å². The molecule has 0 unspecified atom stereocenters. The second-order valence-corrected chi connectivity index (χ2v) is 4.49. The fourth-order valence-electron chi connectivity index (χ4n) is 1.99. The Labute approximate surface area is 112 Å². The molecule has 0 aliphatic carbocycles. The molecule has 0 aliphatic rings. The highest BCUT2D eigenvalue weighted by Gasteiger charge is 2.06. The number of pyridine rings is 1. The first-order valence-electron chi connectivity index (χ1n) is 6.33. The molecule has 2 N–H and O–H groups in total. The lowest BCUT2D eigenvalue weighted by Gasteiger charge is -2.21. The Morgan fingerprint density at radius 3 is 2.42 bits per heavy atom. The molecule has 0 radical (unpaired) electrons. The van der Waals surface area contributed by atoms with Crippen molar-refractivity contribution in [3.8, 4) is 0 Å². The predicted octanol–water partition coefficient (Wildman–Crippen LogP) is 2.18. The summed E-state index contributed by atoms with van der Waals surface area (Å²) in [5.41, 5.74) is 7.88. The van der Waals surface area contributed by atoms with E-state index in [0.29, 0.717) is 6.54 Å². The molecule has 4 heteroatoms. The average Bonchev–Trinajstić information content (AvgIpc) is 2.43. The number of hydrogen-bond donors (Lipinski definition) is 1. The van der Waals surface area contributed by atoms with Crippen molar-refractivity contribution in [1.82, 2.24) is 9.88 Å². The van der Waals surface area contributed by atoms with Crippen molar-refractivity contribution in [2.75, 3.05) is 13.1 Å². The second-order valence-electron chi connectivity index (χ2n) is 4.49. The first kappa shape index (κ1) is 13.6. The number of halogens is 1. The van der Waals surface area contributed by atoms with E-state index in [1.54, 1.807) is 6.20 Å². The maximum absolute atomic E-state index is 12.9. The van der Waals surface area contributed by atoms with E-state index in [0.717, 1.165) is 30.8 Å². The number of rotatable bonds is 6.